The van der Waals surface area contributed by atoms with Crippen LogP contribution in [0.5, 0.6) is 0 Å². The zero-order valence-corrected chi connectivity index (χ0v) is 5.04. The summed E-state index contributed by atoms with van der Waals surface area (Å²) < 4.78 is 0. The molecule has 0 unspecified atom stereocenters. The third-order valence-electron chi connectivity index (χ3n) is 1.66. The van der Waals surface area contributed by atoms with E-state index in [2.05, 4.69) is 5.32 Å². The predicted molar refractivity (Wildman–Crippen MR) is 30.9 cm³/mol. The first-order chi connectivity index (χ1) is 4.19. The van der Waals surface area contributed by atoms with Gasteiger partial charge in [-0.05, 0) is 0 Å². The van der Waals surface area contributed by atoms with Gasteiger partial charge in [-0.1, -0.05) is 0 Å². The van der Waals surface area contributed by atoms with Gasteiger partial charge in [0.15, 0.2) is 0 Å². The molecule has 9 heavy (non-hydrogen) atoms. The van der Waals surface area contributed by atoms with Crippen molar-refractivity contribution in [1.29, 1.82) is 0 Å². The van der Waals surface area contributed by atoms with Gasteiger partial charge in [-0.25, -0.2) is 0 Å². The van der Waals surface area contributed by atoms with E-state index in [1.807, 2.05) is 0 Å². The molecule has 4 N–H and O–H groups in total. The topological polar surface area (TPSA) is 72.7 Å². The molecule has 4 heteroatoms. The number of aliphatic hydroxyl groups is 3. The highest BCUT2D eigenvalue weighted by atomic mass is 16.4. The molecule has 0 aromatic rings. The molecule has 4 nitrogen and oxygen atoms in total. The average molecular weight is 133 g/mol. The summed E-state index contributed by atoms with van der Waals surface area (Å²) in [4.78, 5) is 0. The van der Waals surface area contributed by atoms with Crippen LogP contribution in [-0.2, 0) is 0 Å². The van der Waals surface area contributed by atoms with Gasteiger partial charge in [-0.15, -0.1) is 0 Å². The van der Waals surface area contributed by atoms with Crippen molar-refractivity contribution in [2.24, 2.45) is 0 Å². The van der Waals surface area contributed by atoms with Gasteiger partial charge in [0, 0.05) is 13.1 Å². The Morgan fingerprint density at radius 2 is 2.33 bits per heavy atom. The van der Waals surface area contributed by atoms with E-state index in [0.717, 1.165) is 0 Å². The second kappa shape index (κ2) is 2.22. The van der Waals surface area contributed by atoms with Crippen LogP contribution < -0.4 is 5.32 Å². The Bertz CT molecular complexity index is 108. The minimum Gasteiger partial charge on any atom is -0.393 e. The number of rotatable bonds is 1. The summed E-state index contributed by atoms with van der Waals surface area (Å²) in [5.74, 6) is 0. The lowest BCUT2D eigenvalue weighted by Gasteiger charge is -2.21. The Labute approximate surface area is 53.1 Å². The van der Waals surface area contributed by atoms with Crippen molar-refractivity contribution in [3.8, 4) is 0 Å². The standard InChI is InChI=1S/C5H11NO3/c7-3-5(9)2-6-1-4(5)8/h4,6-9H,1-3H2/t4-,5+/m0/s1. The number of aliphatic hydroxyl groups excluding tert-OH is 2. The summed E-state index contributed by atoms with van der Waals surface area (Å²) >= 11 is 0. The van der Waals surface area contributed by atoms with E-state index in [1.54, 1.807) is 0 Å². The summed E-state index contributed by atoms with van der Waals surface area (Å²) in [6, 6.07) is 0. The molecule has 1 saturated heterocycles. The molecule has 1 aliphatic rings. The average Bonchev–Trinajstić information content (AvgIpc) is 2.15. The van der Waals surface area contributed by atoms with E-state index in [-0.39, 0.29) is 13.2 Å². The van der Waals surface area contributed by atoms with Gasteiger partial charge < -0.3 is 20.6 Å². The Morgan fingerprint density at radius 1 is 1.67 bits per heavy atom. The Hall–Kier alpha value is -0.160. The number of nitrogens with one attached hydrogen (secondary N) is 1. The second-order valence-electron chi connectivity index (χ2n) is 2.41. The summed E-state index contributed by atoms with van der Waals surface area (Å²) in [7, 11) is 0. The molecule has 0 aromatic carbocycles. The van der Waals surface area contributed by atoms with Crippen molar-refractivity contribution in [1.82, 2.24) is 5.32 Å². The largest absolute Gasteiger partial charge is 0.393 e. The maximum absolute atomic E-state index is 9.21. The highest BCUT2D eigenvalue weighted by Gasteiger charge is 2.39. The fraction of sp³-hybridized carbons (Fsp3) is 1.00. The van der Waals surface area contributed by atoms with Crippen LogP contribution in [0.3, 0.4) is 0 Å². The van der Waals surface area contributed by atoms with Crippen LogP contribution in [0, 0.1) is 0 Å². The Kier molecular flexibility index (Phi) is 1.72. The van der Waals surface area contributed by atoms with Gasteiger partial charge >= 0.3 is 0 Å². The summed E-state index contributed by atoms with van der Waals surface area (Å²) in [6.07, 6.45) is -0.831. The maximum Gasteiger partial charge on any atom is 0.127 e. The van der Waals surface area contributed by atoms with Crippen LogP contribution in [-0.4, -0.2) is 46.7 Å². The molecule has 0 aliphatic carbocycles. The lowest BCUT2D eigenvalue weighted by molar-refractivity contribution is -0.0731. The molecule has 1 rings (SSSR count). The second-order valence-corrected chi connectivity index (χ2v) is 2.41. The van der Waals surface area contributed by atoms with Crippen LogP contribution in [0.15, 0.2) is 0 Å². The van der Waals surface area contributed by atoms with Gasteiger partial charge in [0.05, 0.1) is 12.7 Å². The van der Waals surface area contributed by atoms with Crippen molar-refractivity contribution < 1.29 is 15.3 Å². The van der Waals surface area contributed by atoms with Crippen molar-refractivity contribution >= 4 is 0 Å². The van der Waals surface area contributed by atoms with Crippen molar-refractivity contribution in [2.75, 3.05) is 19.7 Å². The van der Waals surface area contributed by atoms with E-state index in [4.69, 9.17) is 10.2 Å². The van der Waals surface area contributed by atoms with Crippen LogP contribution in [0.2, 0.25) is 0 Å². The summed E-state index contributed by atoms with van der Waals surface area (Å²) in [5, 5.41) is 29.5. The van der Waals surface area contributed by atoms with E-state index in [9.17, 15) is 5.11 Å². The van der Waals surface area contributed by atoms with Gasteiger partial charge in [0.25, 0.3) is 0 Å². The van der Waals surface area contributed by atoms with Crippen LogP contribution in [0.4, 0.5) is 0 Å². The minimum atomic E-state index is -1.31. The van der Waals surface area contributed by atoms with E-state index >= 15 is 0 Å². The molecule has 0 saturated carbocycles. The maximum atomic E-state index is 9.21. The van der Waals surface area contributed by atoms with Crippen molar-refractivity contribution in [3.63, 3.8) is 0 Å². The third kappa shape index (κ3) is 1.07. The van der Waals surface area contributed by atoms with Crippen molar-refractivity contribution in [2.45, 2.75) is 11.7 Å². The molecule has 0 bridgehead atoms. The molecule has 1 fully saturated rings. The third-order valence-corrected chi connectivity index (χ3v) is 1.66. The number of β-amino-alcohol motifs (C(OH)–C–C–N with tert-alkyl or cyclic N) is 2. The first-order valence-corrected chi connectivity index (χ1v) is 2.91. The zero-order chi connectivity index (χ0) is 6.91. The van der Waals surface area contributed by atoms with Gasteiger partial charge in [0.1, 0.15) is 5.60 Å². The van der Waals surface area contributed by atoms with E-state index < -0.39 is 11.7 Å². The minimum absolute atomic E-state index is 0.269. The predicted octanol–water partition coefficient (Wildman–Crippen LogP) is -2.33. The summed E-state index contributed by atoms with van der Waals surface area (Å²) in [6.45, 7) is 0.239. The highest BCUT2D eigenvalue weighted by molar-refractivity contribution is 4.95. The molecule has 0 spiro atoms. The molecular weight excluding hydrogens is 122 g/mol. The quantitative estimate of drug-likeness (QED) is 0.324. The zero-order valence-electron chi connectivity index (χ0n) is 5.04. The first kappa shape index (κ1) is 6.95. The first-order valence-electron chi connectivity index (χ1n) is 2.91. The smallest absolute Gasteiger partial charge is 0.127 e. The molecule has 0 amide bonds. The SMILES string of the molecule is OC[C@]1(O)CNC[C@@H]1O. The monoisotopic (exact) mass is 133 g/mol. The van der Waals surface area contributed by atoms with Crippen LogP contribution in [0.1, 0.15) is 0 Å². The van der Waals surface area contributed by atoms with E-state index in [1.165, 1.54) is 0 Å². The lowest BCUT2D eigenvalue weighted by Crippen LogP contribution is -2.44. The number of hydrogen-bond acceptors (Lipinski definition) is 4. The molecular formula is C5H11NO3. The molecule has 0 radical (unpaired) electrons. The Balaban J connectivity index is 2.56. The van der Waals surface area contributed by atoms with Gasteiger partial charge in [0.2, 0.25) is 0 Å². The molecule has 2 atom stereocenters. The van der Waals surface area contributed by atoms with Crippen LogP contribution in [0.25, 0.3) is 0 Å². The van der Waals surface area contributed by atoms with Crippen molar-refractivity contribution in [3.05, 3.63) is 0 Å². The Morgan fingerprint density at radius 3 is 2.56 bits per heavy atom. The fourth-order valence-electron chi connectivity index (χ4n) is 0.894. The number of hydrogen-bond donors (Lipinski definition) is 4. The highest BCUT2D eigenvalue weighted by Crippen LogP contribution is 2.13. The van der Waals surface area contributed by atoms with E-state index in [0.29, 0.717) is 6.54 Å². The fourth-order valence-corrected chi connectivity index (χ4v) is 0.894. The van der Waals surface area contributed by atoms with Crippen LogP contribution >= 0.6 is 0 Å². The molecule has 54 valence electrons. The normalized spacial score (nSPS) is 43.7. The molecule has 0 aromatic heterocycles. The lowest BCUT2D eigenvalue weighted by atomic mass is 10.0. The summed E-state index contributed by atoms with van der Waals surface area (Å²) in [5.41, 5.74) is -1.31. The van der Waals surface area contributed by atoms with Gasteiger partial charge in [-0.2, -0.15) is 0 Å². The van der Waals surface area contributed by atoms with Gasteiger partial charge in [-0.3, -0.25) is 0 Å². The molecule has 1 heterocycles. The molecule has 1 aliphatic heterocycles.